The third-order valence-electron chi connectivity index (χ3n) is 2.57. The molecule has 1 N–H and O–H groups in total. The standard InChI is InChI=1S/C13H10BrN3OS/c1-18-9-3-4-10-11(6-9)17-13(16-10)19-12-5-2-8(14)7-15-12/h2-7H,1H3,(H,16,17). The van der Waals surface area contributed by atoms with Crippen LogP contribution in [-0.2, 0) is 0 Å². The van der Waals surface area contributed by atoms with Gasteiger partial charge in [-0.25, -0.2) is 9.97 Å². The van der Waals surface area contributed by atoms with Gasteiger partial charge in [-0.2, -0.15) is 0 Å². The van der Waals surface area contributed by atoms with Crippen LogP contribution in [0.4, 0.5) is 0 Å². The van der Waals surface area contributed by atoms with Gasteiger partial charge >= 0.3 is 0 Å². The first kappa shape index (κ1) is 12.5. The third-order valence-corrected chi connectivity index (χ3v) is 3.88. The normalized spacial score (nSPS) is 10.8. The molecule has 0 saturated heterocycles. The van der Waals surface area contributed by atoms with E-state index >= 15 is 0 Å². The zero-order chi connectivity index (χ0) is 13.2. The van der Waals surface area contributed by atoms with Crippen LogP contribution in [0.2, 0.25) is 0 Å². The van der Waals surface area contributed by atoms with E-state index in [1.165, 1.54) is 11.8 Å². The fourth-order valence-electron chi connectivity index (χ4n) is 1.66. The molecule has 4 nitrogen and oxygen atoms in total. The highest BCUT2D eigenvalue weighted by molar-refractivity contribution is 9.10. The second kappa shape index (κ2) is 5.22. The minimum atomic E-state index is 0.814. The van der Waals surface area contributed by atoms with Crippen molar-refractivity contribution < 1.29 is 4.74 Å². The van der Waals surface area contributed by atoms with E-state index < -0.39 is 0 Å². The van der Waals surface area contributed by atoms with Crippen molar-refractivity contribution in [1.29, 1.82) is 0 Å². The first-order valence-electron chi connectivity index (χ1n) is 5.58. The Bertz CT molecular complexity index is 711. The maximum absolute atomic E-state index is 5.19. The van der Waals surface area contributed by atoms with Gasteiger partial charge in [0.2, 0.25) is 0 Å². The fraction of sp³-hybridized carbons (Fsp3) is 0.0769. The van der Waals surface area contributed by atoms with Gasteiger partial charge in [0.15, 0.2) is 5.16 Å². The Hall–Kier alpha value is -1.53. The summed E-state index contributed by atoms with van der Waals surface area (Å²) in [5, 5.41) is 1.72. The van der Waals surface area contributed by atoms with E-state index in [1.807, 2.05) is 30.3 Å². The predicted octanol–water partition coefficient (Wildman–Crippen LogP) is 3.88. The molecule has 1 aromatic carbocycles. The first-order chi connectivity index (χ1) is 9.24. The lowest BCUT2D eigenvalue weighted by atomic mass is 10.3. The number of H-pyrrole nitrogens is 1. The molecule has 0 aliphatic carbocycles. The van der Waals surface area contributed by atoms with Crippen LogP contribution >= 0.6 is 27.7 Å². The van der Waals surface area contributed by atoms with Gasteiger partial charge in [-0.3, -0.25) is 0 Å². The number of fused-ring (bicyclic) bond motifs is 1. The van der Waals surface area contributed by atoms with E-state index in [0.29, 0.717) is 0 Å². The van der Waals surface area contributed by atoms with E-state index in [0.717, 1.165) is 31.4 Å². The second-order valence-corrected chi connectivity index (χ2v) is 5.77. The molecule has 0 aliphatic rings. The van der Waals surface area contributed by atoms with Gasteiger partial charge in [0.25, 0.3) is 0 Å². The predicted molar refractivity (Wildman–Crippen MR) is 78.7 cm³/mol. The molecule has 0 atom stereocenters. The van der Waals surface area contributed by atoms with Crippen molar-refractivity contribution in [2.75, 3.05) is 7.11 Å². The lowest BCUT2D eigenvalue weighted by Gasteiger charge is -1.97. The van der Waals surface area contributed by atoms with Gasteiger partial charge in [-0.1, -0.05) is 0 Å². The maximum Gasteiger partial charge on any atom is 0.172 e. The number of hydrogen-bond donors (Lipinski definition) is 1. The monoisotopic (exact) mass is 335 g/mol. The number of ether oxygens (including phenoxy) is 1. The van der Waals surface area contributed by atoms with Crippen molar-refractivity contribution >= 4 is 38.7 Å². The number of aromatic amines is 1. The average molecular weight is 336 g/mol. The number of aromatic nitrogens is 3. The number of methoxy groups -OCH3 is 1. The van der Waals surface area contributed by atoms with Gasteiger partial charge in [0.1, 0.15) is 10.8 Å². The van der Waals surface area contributed by atoms with Crippen molar-refractivity contribution in [2.24, 2.45) is 0 Å². The molecule has 0 saturated carbocycles. The Kier molecular flexibility index (Phi) is 3.44. The molecule has 0 amide bonds. The zero-order valence-corrected chi connectivity index (χ0v) is 12.5. The number of nitrogens with one attached hydrogen (secondary N) is 1. The van der Waals surface area contributed by atoms with Gasteiger partial charge < -0.3 is 9.72 Å². The fourth-order valence-corrected chi connectivity index (χ4v) is 2.64. The van der Waals surface area contributed by atoms with E-state index in [9.17, 15) is 0 Å². The summed E-state index contributed by atoms with van der Waals surface area (Å²) >= 11 is 4.86. The van der Waals surface area contributed by atoms with E-state index in [2.05, 4.69) is 30.9 Å². The molecule has 3 rings (SSSR count). The number of nitrogens with zero attached hydrogens (tertiary/aromatic N) is 2. The Morgan fingerprint density at radius 3 is 2.89 bits per heavy atom. The number of hydrogen-bond acceptors (Lipinski definition) is 4. The van der Waals surface area contributed by atoms with E-state index in [1.54, 1.807) is 13.3 Å². The Morgan fingerprint density at radius 2 is 2.16 bits per heavy atom. The lowest BCUT2D eigenvalue weighted by Crippen LogP contribution is -1.81. The van der Waals surface area contributed by atoms with Gasteiger partial charge in [0.05, 0.1) is 18.1 Å². The molecule has 19 heavy (non-hydrogen) atoms. The summed E-state index contributed by atoms with van der Waals surface area (Å²) in [7, 11) is 1.65. The Morgan fingerprint density at radius 1 is 1.26 bits per heavy atom. The first-order valence-corrected chi connectivity index (χ1v) is 7.19. The van der Waals surface area contributed by atoms with Crippen molar-refractivity contribution in [3.8, 4) is 5.75 Å². The minimum Gasteiger partial charge on any atom is -0.497 e. The molecule has 96 valence electrons. The molecular formula is C13H10BrN3OS. The van der Waals surface area contributed by atoms with Crippen molar-refractivity contribution in [1.82, 2.24) is 15.0 Å². The van der Waals surface area contributed by atoms with E-state index in [-0.39, 0.29) is 0 Å². The Balaban J connectivity index is 1.90. The number of pyridine rings is 1. The summed E-state index contributed by atoms with van der Waals surface area (Å²) in [6.45, 7) is 0. The lowest BCUT2D eigenvalue weighted by molar-refractivity contribution is 0.415. The molecule has 6 heteroatoms. The highest BCUT2D eigenvalue weighted by atomic mass is 79.9. The number of imidazole rings is 1. The largest absolute Gasteiger partial charge is 0.497 e. The highest BCUT2D eigenvalue weighted by Gasteiger charge is 2.06. The number of rotatable bonds is 3. The number of benzene rings is 1. The van der Waals surface area contributed by atoms with Crippen LogP contribution in [0, 0.1) is 0 Å². The molecule has 2 heterocycles. The summed E-state index contributed by atoms with van der Waals surface area (Å²) in [4.78, 5) is 12.1. The van der Waals surface area contributed by atoms with Crippen molar-refractivity contribution in [3.63, 3.8) is 0 Å². The quantitative estimate of drug-likeness (QED) is 0.789. The summed E-state index contributed by atoms with van der Waals surface area (Å²) in [5.41, 5.74) is 1.87. The van der Waals surface area contributed by atoms with Crippen LogP contribution in [0.15, 0.2) is 51.2 Å². The summed E-state index contributed by atoms with van der Waals surface area (Å²) in [5.74, 6) is 0.814. The van der Waals surface area contributed by atoms with Gasteiger partial charge in [0, 0.05) is 16.7 Å². The SMILES string of the molecule is COc1ccc2nc(Sc3ccc(Br)cn3)[nH]c2c1. The minimum absolute atomic E-state index is 0.814. The molecule has 0 bridgehead atoms. The summed E-state index contributed by atoms with van der Waals surface area (Å²) in [6.07, 6.45) is 1.77. The van der Waals surface area contributed by atoms with Crippen molar-refractivity contribution in [2.45, 2.75) is 10.2 Å². The number of halogens is 1. The smallest absolute Gasteiger partial charge is 0.172 e. The van der Waals surface area contributed by atoms with Crippen LogP contribution in [0.25, 0.3) is 11.0 Å². The molecule has 2 aromatic heterocycles. The summed E-state index contributed by atoms with van der Waals surface area (Å²) < 4.78 is 6.15. The highest BCUT2D eigenvalue weighted by Crippen LogP contribution is 2.27. The average Bonchev–Trinajstić information content (AvgIpc) is 2.82. The molecule has 0 fully saturated rings. The molecule has 0 radical (unpaired) electrons. The third kappa shape index (κ3) is 2.74. The van der Waals surface area contributed by atoms with Gasteiger partial charge in [-0.05, 0) is 52.0 Å². The topological polar surface area (TPSA) is 50.8 Å². The molecular weight excluding hydrogens is 326 g/mol. The van der Waals surface area contributed by atoms with Gasteiger partial charge in [-0.15, -0.1) is 0 Å². The summed E-state index contributed by atoms with van der Waals surface area (Å²) in [6, 6.07) is 9.67. The van der Waals surface area contributed by atoms with E-state index in [4.69, 9.17) is 4.74 Å². The van der Waals surface area contributed by atoms with Crippen LogP contribution in [-0.4, -0.2) is 22.1 Å². The zero-order valence-electron chi connectivity index (χ0n) is 10.1. The Labute approximate surface area is 122 Å². The van der Waals surface area contributed by atoms with Crippen molar-refractivity contribution in [3.05, 3.63) is 41.0 Å². The van der Waals surface area contributed by atoms with Crippen LogP contribution in [0.1, 0.15) is 0 Å². The second-order valence-electron chi connectivity index (χ2n) is 3.84. The molecule has 0 aliphatic heterocycles. The van der Waals surface area contributed by atoms with Crippen LogP contribution in [0.5, 0.6) is 5.75 Å². The molecule has 0 spiro atoms. The molecule has 0 unspecified atom stereocenters. The van der Waals surface area contributed by atoms with Crippen LogP contribution < -0.4 is 4.74 Å². The molecule has 3 aromatic rings. The maximum atomic E-state index is 5.19. The van der Waals surface area contributed by atoms with Crippen LogP contribution in [0.3, 0.4) is 0 Å².